The van der Waals surface area contributed by atoms with Crippen LogP contribution < -0.4 is 10.1 Å². The molecular formula is C30H31ClN2O4. The van der Waals surface area contributed by atoms with Gasteiger partial charge in [-0.1, -0.05) is 35.9 Å². The van der Waals surface area contributed by atoms with Crippen molar-refractivity contribution in [2.24, 2.45) is 0 Å². The Labute approximate surface area is 222 Å². The van der Waals surface area contributed by atoms with Crippen molar-refractivity contribution in [2.45, 2.75) is 58.3 Å². The number of para-hydroxylation sites is 1. The molecule has 1 N–H and O–H groups in total. The van der Waals surface area contributed by atoms with E-state index in [4.69, 9.17) is 16.3 Å². The third-order valence-electron chi connectivity index (χ3n) is 7.47. The van der Waals surface area contributed by atoms with Gasteiger partial charge in [-0.3, -0.25) is 14.4 Å². The first-order chi connectivity index (χ1) is 17.9. The molecule has 0 aromatic heterocycles. The summed E-state index contributed by atoms with van der Waals surface area (Å²) in [7, 11) is 0. The van der Waals surface area contributed by atoms with Gasteiger partial charge >= 0.3 is 0 Å². The lowest BCUT2D eigenvalue weighted by Crippen LogP contribution is -2.39. The summed E-state index contributed by atoms with van der Waals surface area (Å²) in [4.78, 5) is 41.1. The summed E-state index contributed by atoms with van der Waals surface area (Å²) in [6, 6.07) is 12.9. The number of Topliss-reactive ketones (excluding diaryl/α,β-unsaturated/α-hetero) is 2. The molecule has 0 bridgehead atoms. The molecule has 2 aliphatic carbocycles. The summed E-state index contributed by atoms with van der Waals surface area (Å²) in [5.41, 5.74) is 6.10. The number of ether oxygens (including phenoxy) is 1. The SMILES string of the molecule is CCN1C2=C(C(=O)CCC2)C(c2ccc(OCC(=O)Nc3ccccc3C)c(Cl)c2)C2=C1CCCC2=O. The topological polar surface area (TPSA) is 75.7 Å². The molecule has 7 heteroatoms. The second kappa shape index (κ2) is 10.5. The molecule has 3 aliphatic rings. The Morgan fingerprint density at radius 2 is 1.65 bits per heavy atom. The minimum absolute atomic E-state index is 0.110. The number of amides is 1. The first kappa shape index (κ1) is 25.3. The highest BCUT2D eigenvalue weighted by Gasteiger charge is 2.42. The zero-order valence-corrected chi connectivity index (χ0v) is 22.0. The van der Waals surface area contributed by atoms with Crippen molar-refractivity contribution in [2.75, 3.05) is 18.5 Å². The second-order valence-corrected chi connectivity index (χ2v) is 10.2. The van der Waals surface area contributed by atoms with E-state index in [1.54, 1.807) is 12.1 Å². The number of hydrogen-bond donors (Lipinski definition) is 1. The highest BCUT2D eigenvalue weighted by atomic mass is 35.5. The van der Waals surface area contributed by atoms with Gasteiger partial charge in [0.25, 0.3) is 5.91 Å². The number of allylic oxidation sites excluding steroid dienone is 4. The maximum absolute atomic E-state index is 13.2. The number of hydrogen-bond acceptors (Lipinski definition) is 5. The van der Waals surface area contributed by atoms with E-state index in [0.29, 0.717) is 23.6 Å². The van der Waals surface area contributed by atoms with E-state index in [1.807, 2.05) is 37.3 Å². The largest absolute Gasteiger partial charge is 0.482 e. The van der Waals surface area contributed by atoms with Gasteiger partial charge < -0.3 is 15.0 Å². The number of nitrogens with one attached hydrogen (secondary N) is 1. The molecule has 0 saturated carbocycles. The zero-order valence-electron chi connectivity index (χ0n) is 21.2. The number of nitrogens with zero attached hydrogens (tertiary/aromatic N) is 1. The van der Waals surface area contributed by atoms with Crippen LogP contribution in [0.1, 0.15) is 62.5 Å². The molecule has 1 aliphatic heterocycles. The predicted octanol–water partition coefficient (Wildman–Crippen LogP) is 6.10. The van der Waals surface area contributed by atoms with Gasteiger partial charge in [0, 0.05) is 53.5 Å². The lowest BCUT2D eigenvalue weighted by Gasteiger charge is -2.43. The summed E-state index contributed by atoms with van der Waals surface area (Å²) in [6.07, 6.45) is 4.32. The summed E-state index contributed by atoms with van der Waals surface area (Å²) in [6.45, 7) is 4.55. The molecule has 0 atom stereocenters. The maximum atomic E-state index is 13.2. The second-order valence-electron chi connectivity index (χ2n) is 9.79. The zero-order chi connectivity index (χ0) is 26.1. The quantitative estimate of drug-likeness (QED) is 0.500. The van der Waals surface area contributed by atoms with Crippen molar-refractivity contribution in [3.8, 4) is 5.75 Å². The van der Waals surface area contributed by atoms with Crippen molar-refractivity contribution >= 4 is 34.8 Å². The third-order valence-corrected chi connectivity index (χ3v) is 7.77. The lowest BCUT2D eigenvalue weighted by molar-refractivity contribution is -0.118. The van der Waals surface area contributed by atoms with Crippen LogP contribution in [0.15, 0.2) is 65.0 Å². The Morgan fingerprint density at radius 1 is 1.00 bits per heavy atom. The van der Waals surface area contributed by atoms with Crippen molar-refractivity contribution in [3.63, 3.8) is 0 Å². The first-order valence-electron chi connectivity index (χ1n) is 13.0. The monoisotopic (exact) mass is 518 g/mol. The van der Waals surface area contributed by atoms with Crippen LogP contribution in [0.3, 0.4) is 0 Å². The Morgan fingerprint density at radius 3 is 2.24 bits per heavy atom. The van der Waals surface area contributed by atoms with Crippen LogP contribution in [0.25, 0.3) is 0 Å². The summed E-state index contributed by atoms with van der Waals surface area (Å²) in [5, 5.41) is 3.19. The highest BCUT2D eigenvalue weighted by Crippen LogP contribution is 2.49. The molecule has 37 heavy (non-hydrogen) atoms. The molecule has 192 valence electrons. The molecule has 5 rings (SSSR count). The molecule has 2 aromatic rings. The summed E-state index contributed by atoms with van der Waals surface area (Å²) in [5.74, 6) is -0.0986. The number of halogens is 1. The van der Waals surface area contributed by atoms with Crippen molar-refractivity contribution in [1.82, 2.24) is 4.90 Å². The summed E-state index contributed by atoms with van der Waals surface area (Å²) >= 11 is 6.63. The van der Waals surface area contributed by atoms with E-state index in [1.165, 1.54) is 0 Å². The van der Waals surface area contributed by atoms with Crippen molar-refractivity contribution < 1.29 is 19.1 Å². The van der Waals surface area contributed by atoms with E-state index in [9.17, 15) is 14.4 Å². The van der Waals surface area contributed by atoms with E-state index >= 15 is 0 Å². The molecule has 0 radical (unpaired) electrons. The van der Waals surface area contributed by atoms with E-state index in [0.717, 1.165) is 71.6 Å². The smallest absolute Gasteiger partial charge is 0.262 e. The van der Waals surface area contributed by atoms with Crippen molar-refractivity contribution in [3.05, 3.63) is 81.2 Å². The Kier molecular flexibility index (Phi) is 7.20. The number of rotatable bonds is 6. The van der Waals surface area contributed by atoms with Crippen molar-refractivity contribution in [1.29, 1.82) is 0 Å². The van der Waals surface area contributed by atoms with E-state index in [2.05, 4.69) is 17.1 Å². The van der Waals surface area contributed by atoms with Gasteiger partial charge in [-0.15, -0.1) is 0 Å². The fourth-order valence-corrected chi connectivity index (χ4v) is 6.03. The molecule has 0 fully saturated rings. The number of carbonyl (C=O) groups is 3. The molecule has 1 amide bonds. The van der Waals surface area contributed by atoms with Gasteiger partial charge in [0.05, 0.1) is 5.02 Å². The molecular weight excluding hydrogens is 488 g/mol. The number of ketones is 2. The van der Waals surface area contributed by atoms with Crippen LogP contribution in [0.5, 0.6) is 5.75 Å². The number of aryl methyl sites for hydroxylation is 1. The van der Waals surface area contributed by atoms with Gasteiger partial charge in [0.15, 0.2) is 18.2 Å². The van der Waals surface area contributed by atoms with Crippen LogP contribution in [-0.4, -0.2) is 35.5 Å². The van der Waals surface area contributed by atoms with Gasteiger partial charge in [0.2, 0.25) is 0 Å². The minimum Gasteiger partial charge on any atom is -0.482 e. The van der Waals surface area contributed by atoms with Crippen LogP contribution >= 0.6 is 11.6 Å². The standard InChI is InChI=1S/C30H31ClN2O4/c1-3-33-22-10-6-12-24(34)29(22)28(30-23(33)11-7-13-25(30)35)19-14-15-26(20(31)16-19)37-17-27(36)32-21-9-5-4-8-18(21)2/h4-5,8-9,14-16,28H,3,6-7,10-13,17H2,1-2H3,(H,32,36). The van der Waals surface area contributed by atoms with Crippen LogP contribution in [-0.2, 0) is 14.4 Å². The average Bonchev–Trinajstić information content (AvgIpc) is 2.88. The molecule has 0 spiro atoms. The fourth-order valence-electron chi connectivity index (χ4n) is 5.79. The van der Waals surface area contributed by atoms with Gasteiger partial charge in [0.1, 0.15) is 5.75 Å². The van der Waals surface area contributed by atoms with Gasteiger partial charge in [-0.05, 0) is 68.9 Å². The molecule has 1 heterocycles. The molecule has 6 nitrogen and oxygen atoms in total. The van der Waals surface area contributed by atoms with Crippen LogP contribution in [0.4, 0.5) is 5.69 Å². The molecule has 0 saturated heterocycles. The first-order valence-corrected chi connectivity index (χ1v) is 13.3. The highest BCUT2D eigenvalue weighted by molar-refractivity contribution is 6.32. The Bertz CT molecular complexity index is 1300. The minimum atomic E-state index is -0.413. The molecule has 2 aromatic carbocycles. The lowest BCUT2D eigenvalue weighted by atomic mass is 9.71. The Balaban J connectivity index is 1.43. The van der Waals surface area contributed by atoms with Crippen LogP contribution in [0, 0.1) is 6.92 Å². The average molecular weight is 519 g/mol. The number of carbonyl (C=O) groups excluding carboxylic acids is 3. The maximum Gasteiger partial charge on any atom is 0.262 e. The molecule has 0 unspecified atom stereocenters. The normalized spacial score (nSPS) is 18.1. The van der Waals surface area contributed by atoms with Gasteiger partial charge in [-0.25, -0.2) is 0 Å². The Hall–Kier alpha value is -3.38. The van der Waals surface area contributed by atoms with Gasteiger partial charge in [-0.2, -0.15) is 0 Å². The van der Waals surface area contributed by atoms with Crippen LogP contribution in [0.2, 0.25) is 5.02 Å². The predicted molar refractivity (Wildman–Crippen MR) is 144 cm³/mol. The summed E-state index contributed by atoms with van der Waals surface area (Å²) < 4.78 is 5.73. The fraction of sp³-hybridized carbons (Fsp3) is 0.367. The number of benzene rings is 2. The van der Waals surface area contributed by atoms with E-state index in [-0.39, 0.29) is 24.1 Å². The number of anilines is 1. The third kappa shape index (κ3) is 4.82. The van der Waals surface area contributed by atoms with E-state index < -0.39 is 5.92 Å².